The predicted octanol–water partition coefficient (Wildman–Crippen LogP) is 4.78. The maximum atomic E-state index is 9.97. The maximum absolute atomic E-state index is 9.97. The van der Waals surface area contributed by atoms with Crippen molar-refractivity contribution in [3.05, 3.63) is 71.9 Å². The summed E-state index contributed by atoms with van der Waals surface area (Å²) in [5, 5.41) is 19.9. The molecule has 0 spiro atoms. The van der Waals surface area contributed by atoms with Crippen LogP contribution in [0.1, 0.15) is 53.4 Å². The van der Waals surface area contributed by atoms with Crippen molar-refractivity contribution in [1.82, 2.24) is 0 Å². The molecule has 0 amide bonds. The Balaban J connectivity index is 0.000000443. The van der Waals surface area contributed by atoms with Gasteiger partial charge in [-0.05, 0) is 40.5 Å². The van der Waals surface area contributed by atoms with Gasteiger partial charge in [-0.1, -0.05) is 11.1 Å². The third-order valence-electron chi connectivity index (χ3n) is 3.84. The molecule has 0 fully saturated rings. The summed E-state index contributed by atoms with van der Waals surface area (Å²) < 4.78 is 0. The van der Waals surface area contributed by atoms with Gasteiger partial charge in [0.05, 0.1) is 11.2 Å². The van der Waals surface area contributed by atoms with Gasteiger partial charge in [0.15, 0.2) is 0 Å². The zero-order valence-corrected chi connectivity index (χ0v) is 16.9. The van der Waals surface area contributed by atoms with Crippen LogP contribution in [0.4, 0.5) is 0 Å². The molecule has 2 unspecified atom stereocenters. The summed E-state index contributed by atoms with van der Waals surface area (Å²) >= 11 is 0. The molecule has 3 heteroatoms. The molecular formula is C22H30FeO2. The molecule has 0 heterocycles. The van der Waals surface area contributed by atoms with E-state index in [2.05, 4.69) is 25.3 Å². The van der Waals surface area contributed by atoms with E-state index in [0.717, 1.165) is 35.1 Å². The van der Waals surface area contributed by atoms with Crippen LogP contribution in [0.25, 0.3) is 0 Å². The number of aliphatic hydroxyl groups is 2. The Morgan fingerprint density at radius 3 is 1.44 bits per heavy atom. The second-order valence-corrected chi connectivity index (χ2v) is 7.21. The Bertz CT molecular complexity index is 548. The van der Waals surface area contributed by atoms with Gasteiger partial charge in [0.1, 0.15) is 0 Å². The van der Waals surface area contributed by atoms with Crippen molar-refractivity contribution in [3.8, 4) is 0 Å². The number of hydrogen-bond acceptors (Lipinski definition) is 2. The fraction of sp³-hybridized carbons (Fsp3) is 0.455. The maximum Gasteiger partial charge on any atom is 2.00 e. The molecule has 2 N–H and O–H groups in total. The summed E-state index contributed by atoms with van der Waals surface area (Å²) in [6, 6.07) is 0. The van der Waals surface area contributed by atoms with E-state index in [1.54, 1.807) is 13.8 Å². The van der Waals surface area contributed by atoms with Crippen molar-refractivity contribution >= 4 is 0 Å². The largest absolute Gasteiger partial charge is 2.00 e. The first-order chi connectivity index (χ1) is 11.0. The molecule has 0 saturated heterocycles. The minimum absolute atomic E-state index is 0. The first kappa shape index (κ1) is 23.9. The van der Waals surface area contributed by atoms with Gasteiger partial charge in [-0.15, -0.1) is 26.0 Å². The fourth-order valence-corrected chi connectivity index (χ4v) is 2.91. The van der Waals surface area contributed by atoms with E-state index in [1.165, 1.54) is 0 Å². The van der Waals surface area contributed by atoms with E-state index in [1.807, 2.05) is 38.2 Å². The minimum atomic E-state index is -0.779. The SMILES string of the molecule is C=C(C)CC(C)(O)C1=[C-]CC=C1.C=C(C)CC(C)(O)C1=[C-]CC=C1.[Fe+2]. The van der Waals surface area contributed by atoms with Crippen LogP contribution in [0, 0.1) is 12.2 Å². The molecule has 0 aromatic rings. The van der Waals surface area contributed by atoms with Gasteiger partial charge in [-0.3, -0.25) is 12.2 Å². The smallest absolute Gasteiger partial charge is 0.388 e. The number of rotatable bonds is 6. The van der Waals surface area contributed by atoms with Gasteiger partial charge >= 0.3 is 17.1 Å². The van der Waals surface area contributed by atoms with Crippen molar-refractivity contribution in [3.63, 3.8) is 0 Å². The van der Waals surface area contributed by atoms with Crippen LogP contribution in [-0.2, 0) is 17.1 Å². The Kier molecular flexibility index (Phi) is 9.68. The van der Waals surface area contributed by atoms with Crippen molar-refractivity contribution < 1.29 is 27.3 Å². The summed E-state index contributed by atoms with van der Waals surface area (Å²) in [6.45, 7) is 15.0. The summed E-state index contributed by atoms with van der Waals surface area (Å²) in [5.41, 5.74) is 2.22. The quantitative estimate of drug-likeness (QED) is 0.394. The van der Waals surface area contributed by atoms with Gasteiger partial charge < -0.3 is 10.2 Å². The second kappa shape index (κ2) is 10.1. The van der Waals surface area contributed by atoms with E-state index in [0.29, 0.717) is 12.8 Å². The van der Waals surface area contributed by atoms with E-state index >= 15 is 0 Å². The molecule has 2 aliphatic rings. The Hall–Kier alpha value is -1.12. The van der Waals surface area contributed by atoms with Crippen LogP contribution in [0.3, 0.4) is 0 Å². The minimum Gasteiger partial charge on any atom is -0.388 e. The van der Waals surface area contributed by atoms with Gasteiger partial charge in [0.2, 0.25) is 0 Å². The van der Waals surface area contributed by atoms with Gasteiger partial charge in [0.25, 0.3) is 0 Å². The summed E-state index contributed by atoms with van der Waals surface area (Å²) in [5.74, 6) is 0. The molecule has 2 nitrogen and oxygen atoms in total. The van der Waals surface area contributed by atoms with E-state index < -0.39 is 11.2 Å². The normalized spacial score (nSPS) is 19.6. The summed E-state index contributed by atoms with van der Waals surface area (Å²) in [6.07, 6.45) is 17.0. The van der Waals surface area contributed by atoms with Crippen molar-refractivity contribution in [2.24, 2.45) is 0 Å². The monoisotopic (exact) mass is 382 g/mol. The molecule has 138 valence electrons. The van der Waals surface area contributed by atoms with Crippen LogP contribution in [0.15, 0.2) is 59.8 Å². The van der Waals surface area contributed by atoms with Crippen molar-refractivity contribution in [2.75, 3.05) is 0 Å². The Morgan fingerprint density at radius 2 is 1.24 bits per heavy atom. The molecule has 0 radical (unpaired) electrons. The molecule has 2 rings (SSSR count). The van der Waals surface area contributed by atoms with E-state index in [9.17, 15) is 10.2 Å². The predicted molar refractivity (Wildman–Crippen MR) is 101 cm³/mol. The van der Waals surface area contributed by atoms with Crippen LogP contribution in [0.5, 0.6) is 0 Å². The fourth-order valence-electron chi connectivity index (χ4n) is 2.91. The van der Waals surface area contributed by atoms with E-state index in [-0.39, 0.29) is 17.1 Å². The molecule has 0 saturated carbocycles. The Morgan fingerprint density at radius 1 is 0.920 bits per heavy atom. The third kappa shape index (κ3) is 8.20. The molecule has 0 aromatic carbocycles. The summed E-state index contributed by atoms with van der Waals surface area (Å²) in [4.78, 5) is 0. The van der Waals surface area contributed by atoms with E-state index in [4.69, 9.17) is 0 Å². The van der Waals surface area contributed by atoms with Crippen LogP contribution in [-0.4, -0.2) is 21.4 Å². The van der Waals surface area contributed by atoms with Gasteiger partial charge in [0, 0.05) is 0 Å². The first-order valence-corrected chi connectivity index (χ1v) is 8.34. The first-order valence-electron chi connectivity index (χ1n) is 8.34. The molecule has 2 aliphatic carbocycles. The molecule has 2 atom stereocenters. The van der Waals surface area contributed by atoms with Crippen LogP contribution < -0.4 is 0 Å². The van der Waals surface area contributed by atoms with Gasteiger partial charge in [-0.25, -0.2) is 12.2 Å². The number of allylic oxidation sites excluding steroid dienone is 4. The molecule has 0 aliphatic heterocycles. The zero-order valence-electron chi connectivity index (χ0n) is 15.8. The molecule has 0 aromatic heterocycles. The standard InChI is InChI=1S/2C11H15O.Fe/c2*1-9(2)8-11(3,12)10-6-4-5-7-10;/h2*4,6,12H,1,5,8H2,2-3H3;/q2*-1;+2. The van der Waals surface area contributed by atoms with Crippen LogP contribution in [0.2, 0.25) is 0 Å². The third-order valence-corrected chi connectivity index (χ3v) is 3.84. The molecule has 25 heavy (non-hydrogen) atoms. The zero-order chi connectivity index (χ0) is 18.4. The van der Waals surface area contributed by atoms with Crippen molar-refractivity contribution in [2.45, 2.75) is 64.6 Å². The van der Waals surface area contributed by atoms with Crippen LogP contribution >= 0.6 is 0 Å². The Labute approximate surface area is 163 Å². The van der Waals surface area contributed by atoms with Crippen molar-refractivity contribution in [1.29, 1.82) is 0 Å². The second-order valence-electron chi connectivity index (χ2n) is 7.21. The summed E-state index contributed by atoms with van der Waals surface area (Å²) in [7, 11) is 0. The number of hydrogen-bond donors (Lipinski definition) is 2. The average molecular weight is 382 g/mol. The topological polar surface area (TPSA) is 40.5 Å². The molecular weight excluding hydrogens is 352 g/mol. The molecule has 0 bridgehead atoms. The van der Waals surface area contributed by atoms with Gasteiger partial charge in [-0.2, -0.15) is 23.3 Å². The average Bonchev–Trinajstić information content (AvgIpc) is 3.11.